The number of nitrogens with zero attached hydrogens (tertiary/aromatic N) is 1. The number of carbonyl (C=O) groups excluding carboxylic acids is 2. The van der Waals surface area contributed by atoms with E-state index in [9.17, 15) is 9.59 Å². The third-order valence-corrected chi connectivity index (χ3v) is 7.24. The summed E-state index contributed by atoms with van der Waals surface area (Å²) in [5.41, 5.74) is 1.38. The minimum Gasteiger partial charge on any atom is -0.338 e. The van der Waals surface area contributed by atoms with Crippen molar-refractivity contribution in [2.24, 2.45) is 0 Å². The Bertz CT molecular complexity index is 637. The van der Waals surface area contributed by atoms with E-state index in [1.54, 1.807) is 11.3 Å². The molecule has 2 fully saturated rings. The average molecular weight is 376 g/mol. The fourth-order valence-electron chi connectivity index (χ4n) is 4.48. The number of thiophene rings is 1. The van der Waals surface area contributed by atoms with Crippen LogP contribution in [0.5, 0.6) is 0 Å². The van der Waals surface area contributed by atoms with Crippen molar-refractivity contribution in [3.63, 3.8) is 0 Å². The van der Waals surface area contributed by atoms with E-state index in [1.807, 2.05) is 4.90 Å². The Morgan fingerprint density at radius 1 is 0.923 bits per heavy atom. The molecule has 1 aliphatic heterocycles. The number of likely N-dealkylation sites (tertiary alicyclic amines) is 1. The van der Waals surface area contributed by atoms with Crippen molar-refractivity contribution in [3.8, 4) is 0 Å². The summed E-state index contributed by atoms with van der Waals surface area (Å²) in [6.45, 7) is 1.46. The van der Waals surface area contributed by atoms with E-state index in [4.69, 9.17) is 0 Å². The average Bonchev–Trinajstić information content (AvgIpc) is 3.24. The van der Waals surface area contributed by atoms with Gasteiger partial charge in [0.05, 0.1) is 4.88 Å². The molecule has 1 aromatic rings. The van der Waals surface area contributed by atoms with Crippen molar-refractivity contribution in [2.75, 3.05) is 13.1 Å². The molecule has 1 saturated carbocycles. The van der Waals surface area contributed by atoms with Crippen molar-refractivity contribution >= 4 is 23.3 Å². The SMILES string of the molecule is O=C(NC1CCCCC1)NC1CCN(C(=O)c2cc3c(s2)CCC3)CC1. The molecule has 0 spiro atoms. The van der Waals surface area contributed by atoms with Crippen molar-refractivity contribution in [1.82, 2.24) is 15.5 Å². The monoisotopic (exact) mass is 375 g/mol. The maximum absolute atomic E-state index is 12.7. The Balaban J connectivity index is 1.23. The van der Waals surface area contributed by atoms with Crippen LogP contribution < -0.4 is 10.6 Å². The molecule has 26 heavy (non-hydrogen) atoms. The molecule has 2 aliphatic carbocycles. The number of hydrogen-bond acceptors (Lipinski definition) is 3. The van der Waals surface area contributed by atoms with Gasteiger partial charge in [0, 0.05) is 30.1 Å². The summed E-state index contributed by atoms with van der Waals surface area (Å²) in [6, 6.07) is 2.59. The molecule has 0 unspecified atom stereocenters. The lowest BCUT2D eigenvalue weighted by atomic mass is 9.96. The Labute approximate surface area is 159 Å². The van der Waals surface area contributed by atoms with Gasteiger partial charge in [0.1, 0.15) is 0 Å². The van der Waals surface area contributed by atoms with Crippen LogP contribution in [-0.4, -0.2) is 42.0 Å². The van der Waals surface area contributed by atoms with Gasteiger partial charge in [-0.25, -0.2) is 4.79 Å². The molecular formula is C20H29N3O2S. The molecule has 5 nitrogen and oxygen atoms in total. The van der Waals surface area contributed by atoms with Crippen LogP contribution in [0.15, 0.2) is 6.07 Å². The maximum atomic E-state index is 12.7. The van der Waals surface area contributed by atoms with Crippen LogP contribution in [0.3, 0.4) is 0 Å². The van der Waals surface area contributed by atoms with Crippen molar-refractivity contribution in [1.29, 1.82) is 0 Å². The summed E-state index contributed by atoms with van der Waals surface area (Å²) in [6.07, 6.45) is 11.1. The van der Waals surface area contributed by atoms with E-state index in [1.165, 1.54) is 36.1 Å². The molecule has 4 rings (SSSR count). The van der Waals surface area contributed by atoms with Crippen LogP contribution in [0.4, 0.5) is 4.79 Å². The molecule has 3 aliphatic rings. The summed E-state index contributed by atoms with van der Waals surface area (Å²) < 4.78 is 0. The lowest BCUT2D eigenvalue weighted by molar-refractivity contribution is 0.0713. The minimum absolute atomic E-state index is 0.0311. The molecule has 0 atom stereocenters. The van der Waals surface area contributed by atoms with Gasteiger partial charge in [-0.2, -0.15) is 0 Å². The Morgan fingerprint density at radius 3 is 2.31 bits per heavy atom. The standard InChI is InChI=1S/C20H29N3O2S/c24-19(18-13-14-5-4-8-17(14)26-18)23-11-9-16(10-12-23)22-20(25)21-15-6-2-1-3-7-15/h13,15-16H,1-12H2,(H2,21,22,25). The zero-order valence-electron chi connectivity index (χ0n) is 15.4. The summed E-state index contributed by atoms with van der Waals surface area (Å²) in [7, 11) is 0. The van der Waals surface area contributed by atoms with E-state index >= 15 is 0 Å². The smallest absolute Gasteiger partial charge is 0.315 e. The number of piperidine rings is 1. The molecule has 6 heteroatoms. The molecule has 2 heterocycles. The number of hydrogen-bond donors (Lipinski definition) is 2. The van der Waals surface area contributed by atoms with Gasteiger partial charge in [0.25, 0.3) is 5.91 Å². The molecule has 2 N–H and O–H groups in total. The largest absolute Gasteiger partial charge is 0.338 e. The van der Waals surface area contributed by atoms with Gasteiger partial charge in [-0.3, -0.25) is 4.79 Å². The minimum atomic E-state index is -0.0311. The van der Waals surface area contributed by atoms with Crippen LogP contribution in [0.25, 0.3) is 0 Å². The topological polar surface area (TPSA) is 61.4 Å². The van der Waals surface area contributed by atoms with Gasteiger partial charge >= 0.3 is 6.03 Å². The number of carbonyl (C=O) groups is 2. The van der Waals surface area contributed by atoms with E-state index in [0.29, 0.717) is 6.04 Å². The van der Waals surface area contributed by atoms with E-state index < -0.39 is 0 Å². The predicted octanol–water partition coefficient (Wildman–Crippen LogP) is 3.47. The molecular weight excluding hydrogens is 346 g/mol. The van der Waals surface area contributed by atoms with Crippen LogP contribution in [0.2, 0.25) is 0 Å². The van der Waals surface area contributed by atoms with Crippen molar-refractivity contribution in [3.05, 3.63) is 21.4 Å². The van der Waals surface area contributed by atoms with Crippen LogP contribution in [0, 0.1) is 0 Å². The third kappa shape index (κ3) is 4.05. The Kier molecular flexibility index (Phi) is 5.48. The van der Waals surface area contributed by atoms with Gasteiger partial charge in [0.15, 0.2) is 0 Å². The lowest BCUT2D eigenvalue weighted by Crippen LogP contribution is -2.51. The Morgan fingerprint density at radius 2 is 1.62 bits per heavy atom. The first-order valence-corrected chi connectivity index (χ1v) is 11.0. The van der Waals surface area contributed by atoms with Crippen LogP contribution in [0.1, 0.15) is 71.5 Å². The summed E-state index contributed by atoms with van der Waals surface area (Å²) in [5, 5.41) is 6.23. The summed E-state index contributed by atoms with van der Waals surface area (Å²) in [4.78, 5) is 29.2. The van der Waals surface area contributed by atoms with Crippen LogP contribution >= 0.6 is 11.3 Å². The van der Waals surface area contributed by atoms with Gasteiger partial charge in [-0.05, 0) is 56.6 Å². The summed E-state index contributed by atoms with van der Waals surface area (Å²) >= 11 is 1.68. The molecule has 3 amide bonds. The first kappa shape index (κ1) is 17.8. The van der Waals surface area contributed by atoms with Gasteiger partial charge in [-0.1, -0.05) is 19.3 Å². The number of fused-ring (bicyclic) bond motifs is 1. The summed E-state index contributed by atoms with van der Waals surface area (Å²) in [5.74, 6) is 0.175. The van der Waals surface area contributed by atoms with E-state index in [-0.39, 0.29) is 18.0 Å². The molecule has 0 aromatic carbocycles. The second kappa shape index (κ2) is 7.99. The normalized spacial score (nSPS) is 21.5. The second-order valence-electron chi connectivity index (χ2n) is 7.93. The van der Waals surface area contributed by atoms with E-state index in [0.717, 1.165) is 56.5 Å². The highest BCUT2D eigenvalue weighted by Crippen LogP contribution is 2.31. The molecule has 0 radical (unpaired) electrons. The third-order valence-electron chi connectivity index (χ3n) is 6.02. The number of aryl methyl sites for hydroxylation is 2. The molecule has 1 aromatic heterocycles. The lowest BCUT2D eigenvalue weighted by Gasteiger charge is -2.32. The highest BCUT2D eigenvalue weighted by atomic mass is 32.1. The first-order chi connectivity index (χ1) is 12.7. The number of amides is 3. The zero-order chi connectivity index (χ0) is 17.9. The van der Waals surface area contributed by atoms with Crippen molar-refractivity contribution in [2.45, 2.75) is 76.3 Å². The second-order valence-corrected chi connectivity index (χ2v) is 9.07. The van der Waals surface area contributed by atoms with Crippen molar-refractivity contribution < 1.29 is 9.59 Å². The quantitative estimate of drug-likeness (QED) is 0.850. The molecule has 1 saturated heterocycles. The Hall–Kier alpha value is -1.56. The number of rotatable bonds is 3. The van der Waals surface area contributed by atoms with Crippen LogP contribution in [-0.2, 0) is 12.8 Å². The predicted molar refractivity (Wildman–Crippen MR) is 104 cm³/mol. The highest BCUT2D eigenvalue weighted by molar-refractivity contribution is 7.14. The fraction of sp³-hybridized carbons (Fsp3) is 0.700. The highest BCUT2D eigenvalue weighted by Gasteiger charge is 2.27. The maximum Gasteiger partial charge on any atom is 0.315 e. The molecule has 142 valence electrons. The van der Waals surface area contributed by atoms with Gasteiger partial charge in [-0.15, -0.1) is 11.3 Å². The molecule has 0 bridgehead atoms. The number of nitrogens with one attached hydrogen (secondary N) is 2. The zero-order valence-corrected chi connectivity index (χ0v) is 16.2. The van der Waals surface area contributed by atoms with Gasteiger partial charge in [0.2, 0.25) is 0 Å². The fourth-order valence-corrected chi connectivity index (χ4v) is 5.70. The number of urea groups is 1. The van der Waals surface area contributed by atoms with Gasteiger partial charge < -0.3 is 15.5 Å². The van der Waals surface area contributed by atoms with E-state index in [2.05, 4.69) is 16.7 Å². The first-order valence-electron chi connectivity index (χ1n) is 10.2.